The molecule has 0 saturated heterocycles. The van der Waals surface area contributed by atoms with Gasteiger partial charge in [0.15, 0.2) is 0 Å². The van der Waals surface area contributed by atoms with Crippen molar-refractivity contribution in [2.24, 2.45) is 5.73 Å². The molecule has 0 spiro atoms. The van der Waals surface area contributed by atoms with Gasteiger partial charge in [-0.25, -0.2) is 8.78 Å². The molecule has 0 heterocycles. The molecule has 0 radical (unpaired) electrons. The van der Waals surface area contributed by atoms with Crippen LogP contribution in [-0.2, 0) is 5.54 Å². The monoisotopic (exact) mass is 255 g/mol. The Kier molecular flexibility index (Phi) is 3.32. The molecule has 0 unspecified atom stereocenters. The Balaban J connectivity index is 2.57. The van der Waals surface area contributed by atoms with E-state index in [2.05, 4.69) is 0 Å². The van der Waals surface area contributed by atoms with Gasteiger partial charge in [0.05, 0.1) is 5.56 Å². The van der Waals surface area contributed by atoms with Crippen molar-refractivity contribution in [2.75, 3.05) is 0 Å². The van der Waals surface area contributed by atoms with Crippen LogP contribution < -0.4 is 5.73 Å². The molecule has 1 aromatic rings. The van der Waals surface area contributed by atoms with Crippen molar-refractivity contribution >= 4 is 0 Å². The standard InChI is InChI=1S/C14H19F2NO/c1-8(2)9-6-10(13(15)16)12(18)11(7-9)14(17)4-3-5-14/h6-8,13,18H,3-5,17H2,1-2H3. The van der Waals surface area contributed by atoms with Gasteiger partial charge in [0, 0.05) is 11.1 Å². The average Bonchev–Trinajstić information content (AvgIpc) is 2.25. The molecule has 18 heavy (non-hydrogen) atoms. The fraction of sp³-hybridized carbons (Fsp3) is 0.571. The lowest BCUT2D eigenvalue weighted by molar-refractivity contribution is 0.146. The number of alkyl halides is 2. The van der Waals surface area contributed by atoms with Gasteiger partial charge in [-0.2, -0.15) is 0 Å². The van der Waals surface area contributed by atoms with Gasteiger partial charge in [-0.3, -0.25) is 0 Å². The predicted octanol–water partition coefficient (Wildman–Crippen LogP) is 3.79. The van der Waals surface area contributed by atoms with Gasteiger partial charge < -0.3 is 10.8 Å². The third-order valence-electron chi connectivity index (χ3n) is 3.85. The molecular formula is C14H19F2NO. The molecule has 1 fully saturated rings. The molecule has 2 rings (SSSR count). The van der Waals surface area contributed by atoms with Gasteiger partial charge in [0.1, 0.15) is 5.75 Å². The molecule has 0 aliphatic heterocycles. The van der Waals surface area contributed by atoms with Crippen LogP contribution in [0.3, 0.4) is 0 Å². The smallest absolute Gasteiger partial charge is 0.267 e. The predicted molar refractivity (Wildman–Crippen MR) is 66.9 cm³/mol. The minimum absolute atomic E-state index is 0.130. The normalized spacial score (nSPS) is 18.2. The summed E-state index contributed by atoms with van der Waals surface area (Å²) in [5.74, 6) is -0.192. The zero-order valence-electron chi connectivity index (χ0n) is 10.7. The second-order valence-electron chi connectivity index (χ2n) is 5.47. The molecule has 4 heteroatoms. The maximum Gasteiger partial charge on any atom is 0.267 e. The van der Waals surface area contributed by atoms with E-state index in [0.717, 1.165) is 24.8 Å². The minimum atomic E-state index is -2.67. The molecule has 1 saturated carbocycles. The molecule has 3 N–H and O–H groups in total. The maximum absolute atomic E-state index is 13.0. The molecule has 1 aliphatic rings. The second kappa shape index (κ2) is 4.50. The summed E-state index contributed by atoms with van der Waals surface area (Å²) in [6.45, 7) is 3.88. The highest BCUT2D eigenvalue weighted by Gasteiger charge is 2.38. The molecule has 100 valence electrons. The summed E-state index contributed by atoms with van der Waals surface area (Å²) < 4.78 is 25.9. The number of hydrogen-bond donors (Lipinski definition) is 2. The van der Waals surface area contributed by atoms with E-state index in [4.69, 9.17) is 5.73 Å². The molecular weight excluding hydrogens is 236 g/mol. The van der Waals surface area contributed by atoms with E-state index < -0.39 is 12.0 Å². The number of rotatable bonds is 3. The number of phenols is 1. The van der Waals surface area contributed by atoms with Gasteiger partial charge in [-0.15, -0.1) is 0 Å². The summed E-state index contributed by atoms with van der Waals surface area (Å²) in [5, 5.41) is 10.0. The Morgan fingerprint density at radius 3 is 2.28 bits per heavy atom. The lowest BCUT2D eigenvalue weighted by Gasteiger charge is -2.39. The number of phenolic OH excluding ortho intramolecular Hbond substituents is 1. The van der Waals surface area contributed by atoms with Crippen molar-refractivity contribution in [3.63, 3.8) is 0 Å². The highest BCUT2D eigenvalue weighted by atomic mass is 19.3. The molecule has 2 nitrogen and oxygen atoms in total. The Hall–Kier alpha value is -1.16. The van der Waals surface area contributed by atoms with Crippen LogP contribution in [-0.4, -0.2) is 5.11 Å². The zero-order valence-corrected chi connectivity index (χ0v) is 10.7. The van der Waals surface area contributed by atoms with Gasteiger partial charge in [-0.05, 0) is 42.9 Å². The zero-order chi connectivity index (χ0) is 13.5. The van der Waals surface area contributed by atoms with Crippen LogP contribution in [0.4, 0.5) is 8.78 Å². The first kappa shape index (κ1) is 13.3. The first-order chi connectivity index (χ1) is 8.35. The lowest BCUT2D eigenvalue weighted by atomic mass is 9.71. The summed E-state index contributed by atoms with van der Waals surface area (Å²) in [4.78, 5) is 0. The van der Waals surface area contributed by atoms with E-state index >= 15 is 0 Å². The first-order valence-electron chi connectivity index (χ1n) is 6.29. The second-order valence-corrected chi connectivity index (χ2v) is 5.47. The van der Waals surface area contributed by atoms with Gasteiger partial charge in [0.25, 0.3) is 6.43 Å². The number of benzene rings is 1. The van der Waals surface area contributed by atoms with E-state index in [1.807, 2.05) is 13.8 Å². The Morgan fingerprint density at radius 1 is 1.28 bits per heavy atom. The quantitative estimate of drug-likeness (QED) is 0.863. The van der Waals surface area contributed by atoms with Crippen molar-refractivity contribution in [1.82, 2.24) is 0 Å². The highest BCUT2D eigenvalue weighted by Crippen LogP contribution is 2.46. The van der Waals surface area contributed by atoms with Crippen LogP contribution in [0.25, 0.3) is 0 Å². The summed E-state index contributed by atoms with van der Waals surface area (Å²) in [6, 6.07) is 3.17. The molecule has 0 amide bonds. The van der Waals surface area contributed by atoms with Crippen molar-refractivity contribution in [2.45, 2.75) is 51.0 Å². The summed E-state index contributed by atoms with van der Waals surface area (Å²) in [7, 11) is 0. The van der Waals surface area contributed by atoms with E-state index in [-0.39, 0.29) is 17.2 Å². The number of halogens is 2. The van der Waals surface area contributed by atoms with Crippen LogP contribution in [0.2, 0.25) is 0 Å². The number of aromatic hydroxyl groups is 1. The van der Waals surface area contributed by atoms with Gasteiger partial charge in [-0.1, -0.05) is 13.8 Å². The third kappa shape index (κ3) is 2.09. The fourth-order valence-corrected chi connectivity index (χ4v) is 2.39. The SMILES string of the molecule is CC(C)c1cc(C(F)F)c(O)c(C2(N)CCC2)c1. The van der Waals surface area contributed by atoms with E-state index in [0.29, 0.717) is 5.56 Å². The van der Waals surface area contributed by atoms with Gasteiger partial charge in [0.2, 0.25) is 0 Å². The molecule has 0 atom stereocenters. The maximum atomic E-state index is 13.0. The summed E-state index contributed by atoms with van der Waals surface area (Å²) >= 11 is 0. The highest BCUT2D eigenvalue weighted by molar-refractivity contribution is 5.49. The van der Waals surface area contributed by atoms with Crippen molar-refractivity contribution in [3.05, 3.63) is 28.8 Å². The topological polar surface area (TPSA) is 46.2 Å². The van der Waals surface area contributed by atoms with Crippen molar-refractivity contribution in [3.8, 4) is 5.75 Å². The van der Waals surface area contributed by atoms with Crippen LogP contribution >= 0.6 is 0 Å². The summed E-state index contributed by atoms with van der Waals surface area (Å²) in [6.07, 6.45) is -0.215. The summed E-state index contributed by atoms with van der Waals surface area (Å²) in [5.41, 5.74) is 6.52. The lowest BCUT2D eigenvalue weighted by Crippen LogP contribution is -2.43. The van der Waals surface area contributed by atoms with E-state index in [9.17, 15) is 13.9 Å². The van der Waals surface area contributed by atoms with Crippen LogP contribution in [0.15, 0.2) is 12.1 Å². The van der Waals surface area contributed by atoms with Crippen LogP contribution in [0.1, 0.15) is 62.1 Å². The number of hydrogen-bond acceptors (Lipinski definition) is 2. The van der Waals surface area contributed by atoms with Crippen LogP contribution in [0, 0.1) is 0 Å². The minimum Gasteiger partial charge on any atom is -0.507 e. The Labute approximate surface area is 106 Å². The van der Waals surface area contributed by atoms with Crippen molar-refractivity contribution in [1.29, 1.82) is 0 Å². The molecule has 1 aromatic carbocycles. The largest absolute Gasteiger partial charge is 0.507 e. The van der Waals surface area contributed by atoms with Crippen molar-refractivity contribution < 1.29 is 13.9 Å². The fourth-order valence-electron chi connectivity index (χ4n) is 2.39. The Morgan fingerprint density at radius 2 is 1.89 bits per heavy atom. The average molecular weight is 255 g/mol. The first-order valence-corrected chi connectivity index (χ1v) is 6.29. The molecule has 0 aromatic heterocycles. The molecule has 0 bridgehead atoms. The van der Waals surface area contributed by atoms with Crippen LogP contribution in [0.5, 0.6) is 5.75 Å². The number of nitrogens with two attached hydrogens (primary N) is 1. The van der Waals surface area contributed by atoms with E-state index in [1.54, 1.807) is 6.07 Å². The molecule has 1 aliphatic carbocycles. The van der Waals surface area contributed by atoms with Gasteiger partial charge >= 0.3 is 0 Å². The van der Waals surface area contributed by atoms with E-state index in [1.165, 1.54) is 6.07 Å². The third-order valence-corrected chi connectivity index (χ3v) is 3.85. The Bertz CT molecular complexity index is 453.